The second-order valence-electron chi connectivity index (χ2n) is 2.33. The molecule has 0 aliphatic rings. The Labute approximate surface area is 73.1 Å². The SMILES string of the molecule is COC(=O)c1cnc(C)n1C(F)F. The summed E-state index contributed by atoms with van der Waals surface area (Å²) in [5.41, 5.74) is -0.241. The minimum Gasteiger partial charge on any atom is -0.464 e. The van der Waals surface area contributed by atoms with Crippen LogP contribution >= 0.6 is 0 Å². The lowest BCUT2D eigenvalue weighted by molar-refractivity contribution is 0.0458. The van der Waals surface area contributed by atoms with E-state index in [9.17, 15) is 13.6 Å². The number of ether oxygens (including phenoxy) is 1. The normalized spacial score (nSPS) is 10.5. The van der Waals surface area contributed by atoms with Gasteiger partial charge in [-0.15, -0.1) is 0 Å². The van der Waals surface area contributed by atoms with Gasteiger partial charge in [0.15, 0.2) is 5.69 Å². The summed E-state index contributed by atoms with van der Waals surface area (Å²) in [6.45, 7) is -1.39. The molecule has 6 heteroatoms. The third-order valence-corrected chi connectivity index (χ3v) is 1.57. The quantitative estimate of drug-likeness (QED) is 0.661. The fourth-order valence-electron chi connectivity index (χ4n) is 0.955. The maximum absolute atomic E-state index is 12.3. The smallest absolute Gasteiger partial charge is 0.356 e. The molecule has 0 saturated heterocycles. The number of carbonyl (C=O) groups excluding carboxylic acids is 1. The molecule has 72 valence electrons. The van der Waals surface area contributed by atoms with Crippen LogP contribution in [0.25, 0.3) is 0 Å². The second kappa shape index (κ2) is 3.51. The van der Waals surface area contributed by atoms with Crippen molar-refractivity contribution in [1.29, 1.82) is 0 Å². The van der Waals surface area contributed by atoms with Crippen molar-refractivity contribution in [3.63, 3.8) is 0 Å². The summed E-state index contributed by atoms with van der Waals surface area (Å²) in [6, 6.07) is 0. The van der Waals surface area contributed by atoms with Crippen LogP contribution in [0, 0.1) is 6.92 Å². The number of carbonyl (C=O) groups is 1. The van der Waals surface area contributed by atoms with Gasteiger partial charge in [0, 0.05) is 0 Å². The standard InChI is InChI=1S/C7H8F2N2O2/c1-4-10-3-5(6(12)13-2)11(4)7(8)9/h3,7H,1-2H3. The van der Waals surface area contributed by atoms with Crippen molar-refractivity contribution in [2.24, 2.45) is 0 Å². The molecule has 0 unspecified atom stereocenters. The summed E-state index contributed by atoms with van der Waals surface area (Å²) in [5, 5.41) is 0. The molecule has 1 aromatic heterocycles. The fraction of sp³-hybridized carbons (Fsp3) is 0.429. The van der Waals surface area contributed by atoms with E-state index in [1.165, 1.54) is 6.92 Å². The van der Waals surface area contributed by atoms with Crippen molar-refractivity contribution in [1.82, 2.24) is 9.55 Å². The number of alkyl halides is 2. The van der Waals surface area contributed by atoms with Gasteiger partial charge in [-0.25, -0.2) is 9.78 Å². The van der Waals surface area contributed by atoms with E-state index >= 15 is 0 Å². The summed E-state index contributed by atoms with van der Waals surface area (Å²) in [7, 11) is 1.13. The number of aryl methyl sites for hydroxylation is 1. The summed E-state index contributed by atoms with van der Waals surface area (Å²) in [4.78, 5) is 14.5. The monoisotopic (exact) mass is 190 g/mol. The molecule has 4 nitrogen and oxygen atoms in total. The third-order valence-electron chi connectivity index (χ3n) is 1.57. The van der Waals surface area contributed by atoms with Gasteiger partial charge >= 0.3 is 12.5 Å². The maximum atomic E-state index is 12.3. The molecule has 0 N–H and O–H groups in total. The first-order valence-electron chi connectivity index (χ1n) is 3.48. The van der Waals surface area contributed by atoms with Crippen LogP contribution < -0.4 is 0 Å². The van der Waals surface area contributed by atoms with Gasteiger partial charge in [-0.3, -0.25) is 4.57 Å². The number of hydrogen-bond acceptors (Lipinski definition) is 3. The van der Waals surface area contributed by atoms with E-state index in [1.807, 2.05) is 0 Å². The number of nitrogens with zero attached hydrogens (tertiary/aromatic N) is 2. The molecule has 1 rings (SSSR count). The molecule has 0 bridgehead atoms. The van der Waals surface area contributed by atoms with E-state index in [-0.39, 0.29) is 11.5 Å². The molecule has 0 radical (unpaired) electrons. The van der Waals surface area contributed by atoms with Crippen LogP contribution in [0.1, 0.15) is 22.9 Å². The van der Waals surface area contributed by atoms with Gasteiger partial charge < -0.3 is 4.74 Å². The largest absolute Gasteiger partial charge is 0.464 e. The Bertz CT molecular complexity index is 322. The van der Waals surface area contributed by atoms with Crippen molar-refractivity contribution in [2.45, 2.75) is 13.5 Å². The lowest BCUT2D eigenvalue weighted by Crippen LogP contribution is -2.12. The van der Waals surface area contributed by atoms with E-state index in [1.54, 1.807) is 0 Å². The van der Waals surface area contributed by atoms with Gasteiger partial charge in [0.25, 0.3) is 0 Å². The van der Waals surface area contributed by atoms with Crippen LogP contribution in [0.3, 0.4) is 0 Å². The van der Waals surface area contributed by atoms with Crippen LogP contribution in [0.2, 0.25) is 0 Å². The zero-order valence-corrected chi connectivity index (χ0v) is 7.12. The molecule has 0 fully saturated rings. The Morgan fingerprint density at radius 2 is 2.31 bits per heavy atom. The van der Waals surface area contributed by atoms with Crippen molar-refractivity contribution in [3.05, 3.63) is 17.7 Å². The third kappa shape index (κ3) is 1.66. The number of imidazole rings is 1. The fourth-order valence-corrected chi connectivity index (χ4v) is 0.955. The van der Waals surface area contributed by atoms with Gasteiger partial charge in [0.05, 0.1) is 13.3 Å². The topological polar surface area (TPSA) is 44.1 Å². The molecule has 0 amide bonds. The average molecular weight is 190 g/mol. The predicted molar refractivity (Wildman–Crippen MR) is 39.6 cm³/mol. The average Bonchev–Trinajstić information content (AvgIpc) is 2.45. The zero-order valence-electron chi connectivity index (χ0n) is 7.12. The highest BCUT2D eigenvalue weighted by Gasteiger charge is 2.20. The molecule has 0 saturated carbocycles. The highest BCUT2D eigenvalue weighted by atomic mass is 19.3. The molecule has 0 aliphatic heterocycles. The minimum atomic E-state index is -2.78. The highest BCUT2D eigenvalue weighted by molar-refractivity contribution is 5.87. The second-order valence-corrected chi connectivity index (χ2v) is 2.33. The number of aromatic nitrogens is 2. The van der Waals surface area contributed by atoms with Crippen molar-refractivity contribution in [2.75, 3.05) is 7.11 Å². The number of hydrogen-bond donors (Lipinski definition) is 0. The Kier molecular flexibility index (Phi) is 2.60. The van der Waals surface area contributed by atoms with Crippen molar-refractivity contribution < 1.29 is 18.3 Å². The number of methoxy groups -OCH3 is 1. The van der Waals surface area contributed by atoms with E-state index in [2.05, 4.69) is 9.72 Å². The van der Waals surface area contributed by atoms with Gasteiger partial charge in [0.1, 0.15) is 5.82 Å². The van der Waals surface area contributed by atoms with E-state index in [0.29, 0.717) is 4.57 Å². The van der Waals surface area contributed by atoms with E-state index in [0.717, 1.165) is 13.3 Å². The lowest BCUT2D eigenvalue weighted by atomic mass is 10.5. The molecule has 13 heavy (non-hydrogen) atoms. The van der Waals surface area contributed by atoms with Crippen LogP contribution in [-0.2, 0) is 4.74 Å². The van der Waals surface area contributed by atoms with E-state index < -0.39 is 12.5 Å². The summed E-state index contributed by atoms with van der Waals surface area (Å²) in [5.74, 6) is -0.740. The first kappa shape index (κ1) is 9.63. The molecule has 0 aliphatic carbocycles. The van der Waals surface area contributed by atoms with E-state index in [4.69, 9.17) is 0 Å². The number of halogens is 2. The van der Waals surface area contributed by atoms with Crippen LogP contribution in [0.4, 0.5) is 8.78 Å². The molecular weight excluding hydrogens is 182 g/mol. The molecular formula is C7H8F2N2O2. The zero-order chi connectivity index (χ0) is 10.0. The van der Waals surface area contributed by atoms with Crippen LogP contribution in [0.15, 0.2) is 6.20 Å². The highest BCUT2D eigenvalue weighted by Crippen LogP contribution is 2.16. The van der Waals surface area contributed by atoms with Crippen molar-refractivity contribution >= 4 is 5.97 Å². The molecule has 0 atom stereocenters. The molecule has 0 spiro atoms. The summed E-state index contributed by atoms with van der Waals surface area (Å²) >= 11 is 0. The van der Waals surface area contributed by atoms with Crippen LogP contribution in [0.5, 0.6) is 0 Å². The summed E-state index contributed by atoms with van der Waals surface area (Å²) in [6.07, 6.45) is 1.06. The van der Waals surface area contributed by atoms with Gasteiger partial charge in [0.2, 0.25) is 0 Å². The van der Waals surface area contributed by atoms with Gasteiger partial charge in [-0.05, 0) is 6.92 Å². The Morgan fingerprint density at radius 3 is 2.77 bits per heavy atom. The lowest BCUT2D eigenvalue weighted by Gasteiger charge is -2.06. The van der Waals surface area contributed by atoms with Crippen LogP contribution in [-0.4, -0.2) is 22.6 Å². The Hall–Kier alpha value is -1.46. The van der Waals surface area contributed by atoms with Gasteiger partial charge in [-0.2, -0.15) is 8.78 Å². The van der Waals surface area contributed by atoms with Crippen molar-refractivity contribution in [3.8, 4) is 0 Å². The molecule has 1 aromatic rings. The first-order chi connectivity index (χ1) is 6.07. The summed E-state index contributed by atoms with van der Waals surface area (Å²) < 4.78 is 29.5. The Morgan fingerprint density at radius 1 is 1.69 bits per heavy atom. The minimum absolute atomic E-state index is 0.0791. The Balaban J connectivity index is 3.15. The first-order valence-corrected chi connectivity index (χ1v) is 3.48. The number of esters is 1. The molecule has 1 heterocycles. The van der Waals surface area contributed by atoms with Gasteiger partial charge in [-0.1, -0.05) is 0 Å². The predicted octanol–water partition coefficient (Wildman–Crippen LogP) is 1.37. The maximum Gasteiger partial charge on any atom is 0.356 e. The number of rotatable bonds is 2. The molecule has 0 aromatic carbocycles.